The summed E-state index contributed by atoms with van der Waals surface area (Å²) in [6.07, 6.45) is 0. The van der Waals surface area contributed by atoms with Crippen molar-refractivity contribution in [1.29, 1.82) is 0 Å². The van der Waals surface area contributed by atoms with Crippen LogP contribution >= 0.6 is 0 Å². The maximum Gasteiger partial charge on any atom is 0.397 e. The molecule has 8 nitrogen and oxygen atoms in total. The third-order valence-corrected chi connectivity index (χ3v) is 1.36. The molecule has 0 rings (SSSR count). The molecule has 0 saturated heterocycles. The summed E-state index contributed by atoms with van der Waals surface area (Å²) in [5.41, 5.74) is 0.201. The Balaban J connectivity index is -0.000000392. The summed E-state index contributed by atoms with van der Waals surface area (Å²) in [7, 11) is 1.54. The largest absolute Gasteiger partial charge is 0.460 e. The van der Waals surface area contributed by atoms with E-state index in [1.165, 1.54) is 6.92 Å². The standard InChI is InChI=1S/C6H10O6S.C3H9N.H3N/c1-5(2)6(7)11-3-4-12-13(8,9)10;1-4(2)3;/h1,3-4H2,2H3,(H,8,9,10);1-3H3;1H3. The summed E-state index contributed by atoms with van der Waals surface area (Å²) < 4.78 is 36.4. The highest BCUT2D eigenvalue weighted by Gasteiger charge is 2.06. The van der Waals surface area contributed by atoms with Gasteiger partial charge in [0.15, 0.2) is 0 Å². The predicted octanol–water partition coefficient (Wildman–Crippen LogP) is 0.265. The van der Waals surface area contributed by atoms with Gasteiger partial charge in [0.2, 0.25) is 0 Å². The Labute approximate surface area is 108 Å². The second-order valence-corrected chi connectivity index (χ2v) is 4.60. The zero-order chi connectivity index (χ0) is 14.1. The van der Waals surface area contributed by atoms with Gasteiger partial charge in [-0.2, -0.15) is 8.42 Å². The highest BCUT2D eigenvalue weighted by Crippen LogP contribution is 1.92. The molecule has 0 amide bonds. The van der Waals surface area contributed by atoms with Gasteiger partial charge in [0.1, 0.15) is 13.2 Å². The van der Waals surface area contributed by atoms with Gasteiger partial charge in [0.05, 0.1) is 0 Å². The van der Waals surface area contributed by atoms with Gasteiger partial charge in [0, 0.05) is 5.57 Å². The summed E-state index contributed by atoms with van der Waals surface area (Å²) in [5, 5.41) is 0. The lowest BCUT2D eigenvalue weighted by Crippen LogP contribution is -2.13. The highest BCUT2D eigenvalue weighted by atomic mass is 32.3. The minimum absolute atomic E-state index is 0. The lowest BCUT2D eigenvalue weighted by Gasteiger charge is -2.02. The van der Waals surface area contributed by atoms with Crippen molar-refractivity contribution in [3.63, 3.8) is 0 Å². The van der Waals surface area contributed by atoms with Crippen LogP contribution < -0.4 is 6.15 Å². The third kappa shape index (κ3) is 24.3. The molecule has 0 unspecified atom stereocenters. The van der Waals surface area contributed by atoms with Gasteiger partial charge >= 0.3 is 16.4 Å². The Bertz CT molecular complexity index is 336. The van der Waals surface area contributed by atoms with Crippen LogP contribution in [0.1, 0.15) is 6.92 Å². The quantitative estimate of drug-likeness (QED) is 0.319. The van der Waals surface area contributed by atoms with Crippen LogP contribution in [0.2, 0.25) is 0 Å². The van der Waals surface area contributed by atoms with Gasteiger partial charge in [-0.15, -0.1) is 0 Å². The van der Waals surface area contributed by atoms with Gasteiger partial charge in [-0.05, 0) is 28.1 Å². The van der Waals surface area contributed by atoms with Gasteiger partial charge < -0.3 is 15.8 Å². The van der Waals surface area contributed by atoms with Crippen LogP contribution in [0.25, 0.3) is 0 Å². The SMILES string of the molecule is C=C(C)C(=O)OCCOS(=O)(=O)O.CN(C)C.N. The van der Waals surface area contributed by atoms with E-state index in [2.05, 4.69) is 15.5 Å². The number of nitrogens with zero attached hydrogens (tertiary/aromatic N) is 1. The molecular formula is C9H22N2O6S. The monoisotopic (exact) mass is 286 g/mol. The number of esters is 1. The molecule has 0 heterocycles. The van der Waals surface area contributed by atoms with Crippen LogP contribution in [-0.4, -0.2) is 58.2 Å². The first-order chi connectivity index (χ1) is 7.56. The van der Waals surface area contributed by atoms with Crippen LogP contribution in [0.15, 0.2) is 12.2 Å². The van der Waals surface area contributed by atoms with Crippen molar-refractivity contribution in [2.75, 3.05) is 34.4 Å². The van der Waals surface area contributed by atoms with E-state index in [0.717, 1.165) is 0 Å². The molecule has 9 heteroatoms. The summed E-state index contributed by atoms with van der Waals surface area (Å²) in [6, 6.07) is 0. The first kappa shape index (κ1) is 22.2. The van der Waals surface area contributed by atoms with Crippen LogP contribution in [0, 0.1) is 0 Å². The number of hydrogen-bond acceptors (Lipinski definition) is 7. The first-order valence-corrected chi connectivity index (χ1v) is 5.98. The zero-order valence-electron chi connectivity index (χ0n) is 11.2. The maximum atomic E-state index is 10.7. The molecule has 0 saturated carbocycles. The van der Waals surface area contributed by atoms with Gasteiger partial charge in [-0.3, -0.25) is 4.55 Å². The average molecular weight is 286 g/mol. The maximum absolute atomic E-state index is 10.7. The summed E-state index contributed by atoms with van der Waals surface area (Å²) in [4.78, 5) is 12.7. The normalized spacial score (nSPS) is 9.89. The molecule has 0 spiro atoms. The van der Waals surface area contributed by atoms with E-state index in [1.807, 2.05) is 26.0 Å². The minimum Gasteiger partial charge on any atom is -0.460 e. The van der Waals surface area contributed by atoms with E-state index in [0.29, 0.717) is 0 Å². The predicted molar refractivity (Wildman–Crippen MR) is 67.9 cm³/mol. The number of carbonyl (C=O) groups is 1. The molecule has 0 aliphatic heterocycles. The Morgan fingerprint density at radius 1 is 1.28 bits per heavy atom. The molecule has 0 aliphatic carbocycles. The van der Waals surface area contributed by atoms with Crippen molar-refractivity contribution in [3.8, 4) is 0 Å². The van der Waals surface area contributed by atoms with Gasteiger partial charge in [-0.25, -0.2) is 8.98 Å². The van der Waals surface area contributed by atoms with E-state index in [9.17, 15) is 13.2 Å². The lowest BCUT2D eigenvalue weighted by molar-refractivity contribution is -0.139. The van der Waals surface area contributed by atoms with Crippen molar-refractivity contribution < 1.29 is 26.7 Å². The Morgan fingerprint density at radius 2 is 1.67 bits per heavy atom. The minimum atomic E-state index is -4.46. The molecule has 0 radical (unpaired) electrons. The van der Waals surface area contributed by atoms with Crippen molar-refractivity contribution in [1.82, 2.24) is 11.1 Å². The Morgan fingerprint density at radius 3 is 1.94 bits per heavy atom. The summed E-state index contributed by atoms with van der Waals surface area (Å²) >= 11 is 0. The van der Waals surface area contributed by atoms with E-state index < -0.39 is 23.0 Å². The Hall–Kier alpha value is -1.00. The topological polar surface area (TPSA) is 128 Å². The van der Waals surface area contributed by atoms with Gasteiger partial charge in [-0.1, -0.05) is 6.58 Å². The number of rotatable bonds is 5. The molecule has 0 aromatic carbocycles. The fourth-order valence-corrected chi connectivity index (χ4v) is 0.676. The molecule has 0 atom stereocenters. The summed E-state index contributed by atoms with van der Waals surface area (Å²) in [5.74, 6) is -0.640. The molecule has 0 bridgehead atoms. The molecule has 0 aromatic rings. The smallest absolute Gasteiger partial charge is 0.397 e. The molecule has 0 aromatic heterocycles. The van der Waals surface area contributed by atoms with Crippen molar-refractivity contribution in [3.05, 3.63) is 12.2 Å². The van der Waals surface area contributed by atoms with Crippen LogP contribution in [0.4, 0.5) is 0 Å². The van der Waals surface area contributed by atoms with E-state index >= 15 is 0 Å². The van der Waals surface area contributed by atoms with Crippen molar-refractivity contribution in [2.24, 2.45) is 0 Å². The second kappa shape index (κ2) is 11.1. The fourth-order valence-electron chi connectivity index (χ4n) is 0.397. The van der Waals surface area contributed by atoms with Crippen LogP contribution in [-0.2, 0) is 24.1 Å². The molecule has 18 heavy (non-hydrogen) atoms. The summed E-state index contributed by atoms with van der Waals surface area (Å²) in [6.45, 7) is 4.07. The Kier molecular flexibility index (Phi) is 13.7. The molecule has 110 valence electrons. The van der Waals surface area contributed by atoms with Crippen molar-refractivity contribution >= 4 is 16.4 Å². The number of carbonyl (C=O) groups excluding carboxylic acids is 1. The first-order valence-electron chi connectivity index (χ1n) is 4.61. The third-order valence-electron chi connectivity index (χ3n) is 0.897. The molecule has 0 aliphatic rings. The average Bonchev–Trinajstić information content (AvgIpc) is 2.09. The van der Waals surface area contributed by atoms with Gasteiger partial charge in [0.25, 0.3) is 0 Å². The van der Waals surface area contributed by atoms with E-state index in [4.69, 9.17) is 4.55 Å². The number of ether oxygens (including phenoxy) is 1. The van der Waals surface area contributed by atoms with Crippen LogP contribution in [0.5, 0.6) is 0 Å². The zero-order valence-corrected chi connectivity index (χ0v) is 12.0. The van der Waals surface area contributed by atoms with E-state index in [-0.39, 0.29) is 18.3 Å². The second-order valence-electron chi connectivity index (χ2n) is 3.51. The molecule has 0 fully saturated rings. The van der Waals surface area contributed by atoms with Crippen molar-refractivity contribution in [2.45, 2.75) is 6.92 Å². The number of hydrogen-bond donors (Lipinski definition) is 2. The fraction of sp³-hybridized carbons (Fsp3) is 0.667. The van der Waals surface area contributed by atoms with Crippen LogP contribution in [0.3, 0.4) is 0 Å². The lowest BCUT2D eigenvalue weighted by atomic mass is 10.4. The van der Waals surface area contributed by atoms with E-state index in [1.54, 1.807) is 0 Å². The highest BCUT2D eigenvalue weighted by molar-refractivity contribution is 7.80. The molecular weight excluding hydrogens is 264 g/mol. The molecule has 4 N–H and O–H groups in total.